The van der Waals surface area contributed by atoms with Crippen molar-refractivity contribution in [3.8, 4) is 0 Å². The van der Waals surface area contributed by atoms with Gasteiger partial charge >= 0.3 is 0 Å². The van der Waals surface area contributed by atoms with E-state index in [4.69, 9.17) is 0 Å². The van der Waals surface area contributed by atoms with E-state index in [-0.39, 0.29) is 11.8 Å². The van der Waals surface area contributed by atoms with Crippen LogP contribution in [0, 0.1) is 19.8 Å². The Balaban J connectivity index is 1.85. The van der Waals surface area contributed by atoms with Gasteiger partial charge in [0.25, 0.3) is 5.91 Å². The molecule has 0 unspecified atom stereocenters. The monoisotopic (exact) mass is 396 g/mol. The molecule has 0 spiro atoms. The van der Waals surface area contributed by atoms with Crippen LogP contribution in [0.3, 0.4) is 0 Å². The first-order chi connectivity index (χ1) is 13.3. The highest BCUT2D eigenvalue weighted by molar-refractivity contribution is 8.00. The third-order valence-corrected chi connectivity index (χ3v) is 6.05. The Kier molecular flexibility index (Phi) is 6.45. The van der Waals surface area contributed by atoms with E-state index in [0.717, 1.165) is 22.6 Å². The van der Waals surface area contributed by atoms with Crippen LogP contribution in [0.4, 0.5) is 5.69 Å². The number of hydrogen-bond acceptors (Lipinski definition) is 3. The molecule has 2 aromatic carbocycles. The van der Waals surface area contributed by atoms with Gasteiger partial charge in [-0.3, -0.25) is 9.59 Å². The Morgan fingerprint density at radius 2 is 1.96 bits per heavy atom. The number of anilines is 1. The zero-order valence-corrected chi connectivity index (χ0v) is 17.9. The molecule has 0 saturated heterocycles. The molecule has 4 nitrogen and oxygen atoms in total. The van der Waals surface area contributed by atoms with Gasteiger partial charge < -0.3 is 10.2 Å². The number of fused-ring (bicyclic) bond motifs is 1. The Bertz CT molecular complexity index is 892. The molecule has 5 heteroatoms. The van der Waals surface area contributed by atoms with E-state index in [1.54, 1.807) is 0 Å². The molecule has 0 aliphatic carbocycles. The van der Waals surface area contributed by atoms with Crippen molar-refractivity contribution >= 4 is 29.3 Å². The van der Waals surface area contributed by atoms with Gasteiger partial charge in [-0.15, -0.1) is 11.8 Å². The fourth-order valence-electron chi connectivity index (χ4n) is 3.23. The standard InChI is InChI=1S/C23H28N2O2S/c1-15(2)9-10-24-23(27)18-7-8-21-20(12-18)25(22(26)14-28-21)13-19-11-16(3)5-6-17(19)4/h5-8,11-12,15H,9-10,13-14H2,1-4H3,(H,24,27). The van der Waals surface area contributed by atoms with Crippen molar-refractivity contribution in [1.82, 2.24) is 5.32 Å². The Hall–Kier alpha value is -2.27. The van der Waals surface area contributed by atoms with Crippen LogP contribution in [0.5, 0.6) is 0 Å². The normalized spacial score (nSPS) is 13.6. The van der Waals surface area contributed by atoms with E-state index in [0.29, 0.717) is 30.3 Å². The zero-order valence-electron chi connectivity index (χ0n) is 17.0. The Morgan fingerprint density at radius 1 is 1.18 bits per heavy atom. The molecule has 0 bridgehead atoms. The van der Waals surface area contributed by atoms with Gasteiger partial charge in [-0.25, -0.2) is 0 Å². The highest BCUT2D eigenvalue weighted by atomic mass is 32.2. The summed E-state index contributed by atoms with van der Waals surface area (Å²) < 4.78 is 0. The largest absolute Gasteiger partial charge is 0.352 e. The van der Waals surface area contributed by atoms with E-state index < -0.39 is 0 Å². The minimum absolute atomic E-state index is 0.0794. The maximum atomic E-state index is 12.7. The van der Waals surface area contributed by atoms with Crippen molar-refractivity contribution in [1.29, 1.82) is 0 Å². The third-order valence-electron chi connectivity index (χ3n) is 5.00. The number of hydrogen-bond donors (Lipinski definition) is 1. The lowest BCUT2D eigenvalue weighted by molar-refractivity contribution is -0.116. The SMILES string of the molecule is Cc1ccc(C)c(CN2C(=O)CSc3ccc(C(=O)NCCC(C)C)cc32)c1. The summed E-state index contributed by atoms with van der Waals surface area (Å²) in [5, 5.41) is 2.98. The predicted octanol–water partition coefficient (Wildman–Crippen LogP) is 4.72. The summed E-state index contributed by atoms with van der Waals surface area (Å²) in [4.78, 5) is 28.1. The summed E-state index contributed by atoms with van der Waals surface area (Å²) in [5.74, 6) is 0.970. The molecule has 0 aromatic heterocycles. The van der Waals surface area contributed by atoms with Crippen LogP contribution >= 0.6 is 11.8 Å². The molecule has 2 amide bonds. The lowest BCUT2D eigenvalue weighted by Gasteiger charge is -2.30. The molecule has 0 saturated carbocycles. The lowest BCUT2D eigenvalue weighted by atomic mass is 10.0. The predicted molar refractivity (Wildman–Crippen MR) is 116 cm³/mol. The van der Waals surface area contributed by atoms with Crippen molar-refractivity contribution in [3.63, 3.8) is 0 Å². The fourth-order valence-corrected chi connectivity index (χ4v) is 4.15. The molecule has 148 valence electrons. The van der Waals surface area contributed by atoms with Gasteiger partial charge in [-0.05, 0) is 55.5 Å². The maximum Gasteiger partial charge on any atom is 0.251 e. The topological polar surface area (TPSA) is 49.4 Å². The number of benzene rings is 2. The number of nitrogens with zero attached hydrogens (tertiary/aromatic N) is 1. The molecule has 1 aliphatic heterocycles. The molecule has 1 N–H and O–H groups in total. The van der Waals surface area contributed by atoms with Crippen molar-refractivity contribution in [2.24, 2.45) is 5.92 Å². The molecular formula is C23H28N2O2S. The van der Waals surface area contributed by atoms with Crippen molar-refractivity contribution in [2.75, 3.05) is 17.2 Å². The van der Waals surface area contributed by atoms with Crippen molar-refractivity contribution in [3.05, 3.63) is 58.7 Å². The second kappa shape index (κ2) is 8.82. The van der Waals surface area contributed by atoms with E-state index in [1.807, 2.05) is 23.1 Å². The Labute approximate surface area is 171 Å². The van der Waals surface area contributed by atoms with Crippen LogP contribution in [-0.4, -0.2) is 24.1 Å². The summed E-state index contributed by atoms with van der Waals surface area (Å²) in [6.45, 7) is 9.59. The van der Waals surface area contributed by atoms with Gasteiger partial charge in [-0.1, -0.05) is 37.6 Å². The zero-order chi connectivity index (χ0) is 20.3. The van der Waals surface area contributed by atoms with Crippen LogP contribution in [0.15, 0.2) is 41.3 Å². The Morgan fingerprint density at radius 3 is 2.71 bits per heavy atom. The third kappa shape index (κ3) is 4.76. The van der Waals surface area contributed by atoms with Crippen LogP contribution in [-0.2, 0) is 11.3 Å². The molecule has 0 atom stereocenters. The van der Waals surface area contributed by atoms with Crippen LogP contribution in [0.2, 0.25) is 0 Å². The highest BCUT2D eigenvalue weighted by Crippen LogP contribution is 2.37. The first-order valence-corrected chi connectivity index (χ1v) is 10.7. The molecule has 0 radical (unpaired) electrons. The molecule has 0 fully saturated rings. The van der Waals surface area contributed by atoms with Gasteiger partial charge in [0.1, 0.15) is 0 Å². The van der Waals surface area contributed by atoms with Crippen molar-refractivity contribution in [2.45, 2.75) is 45.6 Å². The summed E-state index contributed by atoms with van der Waals surface area (Å²) in [6, 6.07) is 12.0. The highest BCUT2D eigenvalue weighted by Gasteiger charge is 2.26. The second-order valence-electron chi connectivity index (χ2n) is 7.82. The maximum absolute atomic E-state index is 12.7. The second-order valence-corrected chi connectivity index (χ2v) is 8.84. The summed E-state index contributed by atoms with van der Waals surface area (Å²) >= 11 is 1.54. The average molecular weight is 397 g/mol. The number of aryl methyl sites for hydroxylation is 2. The molecule has 1 heterocycles. The molecule has 3 rings (SSSR count). The lowest BCUT2D eigenvalue weighted by Crippen LogP contribution is -2.35. The summed E-state index contributed by atoms with van der Waals surface area (Å²) in [7, 11) is 0. The number of nitrogens with one attached hydrogen (secondary N) is 1. The quantitative estimate of drug-likeness (QED) is 0.769. The van der Waals surface area contributed by atoms with E-state index >= 15 is 0 Å². The first kappa shape index (κ1) is 20.5. The first-order valence-electron chi connectivity index (χ1n) is 9.76. The molecule has 28 heavy (non-hydrogen) atoms. The van der Waals surface area contributed by atoms with Crippen LogP contribution in [0.25, 0.3) is 0 Å². The average Bonchev–Trinajstić information content (AvgIpc) is 2.66. The van der Waals surface area contributed by atoms with Gasteiger partial charge in [0.2, 0.25) is 5.91 Å². The number of amides is 2. The molecule has 1 aliphatic rings. The minimum atomic E-state index is -0.0850. The van der Waals surface area contributed by atoms with E-state index in [2.05, 4.69) is 51.2 Å². The summed E-state index contributed by atoms with van der Waals surface area (Å²) in [5.41, 5.74) is 4.92. The molecular weight excluding hydrogens is 368 g/mol. The number of carbonyl (C=O) groups excluding carboxylic acids is 2. The fraction of sp³-hybridized carbons (Fsp3) is 0.391. The number of thioether (sulfide) groups is 1. The van der Waals surface area contributed by atoms with E-state index in [9.17, 15) is 9.59 Å². The van der Waals surface area contributed by atoms with Crippen LogP contribution < -0.4 is 10.2 Å². The number of carbonyl (C=O) groups is 2. The van der Waals surface area contributed by atoms with E-state index in [1.165, 1.54) is 22.9 Å². The van der Waals surface area contributed by atoms with Gasteiger partial charge in [0.15, 0.2) is 0 Å². The number of rotatable bonds is 6. The van der Waals surface area contributed by atoms with Crippen molar-refractivity contribution < 1.29 is 9.59 Å². The minimum Gasteiger partial charge on any atom is -0.352 e. The van der Waals surface area contributed by atoms with Gasteiger partial charge in [-0.2, -0.15) is 0 Å². The van der Waals surface area contributed by atoms with Gasteiger partial charge in [0.05, 0.1) is 18.0 Å². The molecule has 2 aromatic rings. The smallest absolute Gasteiger partial charge is 0.251 e. The van der Waals surface area contributed by atoms with Crippen LogP contribution in [0.1, 0.15) is 47.3 Å². The summed E-state index contributed by atoms with van der Waals surface area (Å²) in [6.07, 6.45) is 0.948. The van der Waals surface area contributed by atoms with Gasteiger partial charge in [0, 0.05) is 17.0 Å².